The Morgan fingerprint density at radius 2 is 1.82 bits per heavy atom. The molecule has 0 amide bonds. The van der Waals surface area contributed by atoms with E-state index in [0.717, 1.165) is 6.04 Å². The van der Waals surface area contributed by atoms with Crippen molar-refractivity contribution < 1.29 is 0 Å². The van der Waals surface area contributed by atoms with Gasteiger partial charge in [0, 0.05) is 6.04 Å². The summed E-state index contributed by atoms with van der Waals surface area (Å²) in [5.74, 6) is 0. The lowest BCUT2D eigenvalue weighted by Crippen LogP contribution is -2.41. The summed E-state index contributed by atoms with van der Waals surface area (Å²) in [6.07, 6.45) is 7.31. The third-order valence-electron chi connectivity index (χ3n) is 2.30. The second-order valence-electron chi connectivity index (χ2n) is 3.78. The maximum absolute atomic E-state index is 3.76. The molecule has 0 aliphatic heterocycles. The summed E-state index contributed by atoms with van der Waals surface area (Å²) in [6.45, 7) is 0. The Hall–Kier alpha value is 0.571. The second-order valence-corrected chi connectivity index (χ2v) is 13.1. The van der Waals surface area contributed by atoms with Gasteiger partial charge in [0.25, 0.3) is 0 Å². The Labute approximate surface area is 78.1 Å². The van der Waals surface area contributed by atoms with Crippen molar-refractivity contribution in [1.82, 2.24) is 8.88 Å². The first-order chi connectivity index (χ1) is 5.29. The van der Waals surface area contributed by atoms with Crippen LogP contribution in [0.3, 0.4) is 0 Å². The molecule has 1 rings (SSSR count). The highest BCUT2D eigenvalue weighted by Gasteiger charge is 2.11. The first-order valence-electron chi connectivity index (χ1n) is 4.67. The van der Waals surface area contributed by atoms with Gasteiger partial charge in [0.15, 0.2) is 9.84 Å². The van der Waals surface area contributed by atoms with Crippen LogP contribution in [-0.2, 0) is 0 Å². The molecule has 0 atom stereocenters. The van der Waals surface area contributed by atoms with Crippen LogP contribution in [0.15, 0.2) is 0 Å². The van der Waals surface area contributed by atoms with Crippen LogP contribution in [0.1, 0.15) is 32.1 Å². The lowest BCUT2D eigenvalue weighted by molar-refractivity contribution is 0.416. The smallest absolute Gasteiger partial charge is 0.156 e. The average molecular weight is 204 g/mol. The van der Waals surface area contributed by atoms with Crippen molar-refractivity contribution in [1.29, 1.82) is 0 Å². The fourth-order valence-electron chi connectivity index (χ4n) is 1.62. The molecular formula is C6H20N2Si3. The number of nitrogens with one attached hydrogen (secondary N) is 1. The van der Waals surface area contributed by atoms with Crippen LogP contribution in [0.2, 0.25) is 0 Å². The van der Waals surface area contributed by atoms with Gasteiger partial charge in [0.1, 0.15) is 0 Å². The van der Waals surface area contributed by atoms with E-state index in [1.54, 1.807) is 0 Å². The molecule has 0 saturated heterocycles. The monoisotopic (exact) mass is 204 g/mol. The first-order valence-corrected chi connectivity index (χ1v) is 7.80. The summed E-state index contributed by atoms with van der Waals surface area (Å²) in [6, 6.07) is 0.904. The predicted molar refractivity (Wildman–Crippen MR) is 60.3 cm³/mol. The van der Waals surface area contributed by atoms with Crippen molar-refractivity contribution >= 4 is 30.7 Å². The summed E-state index contributed by atoms with van der Waals surface area (Å²) < 4.78 is 2.61. The quantitative estimate of drug-likeness (QED) is 0.524. The summed E-state index contributed by atoms with van der Waals surface area (Å²) in [5, 5.41) is 0. The van der Waals surface area contributed by atoms with Gasteiger partial charge in [-0.1, -0.05) is 19.3 Å². The topological polar surface area (TPSA) is 15.3 Å². The molecule has 0 aromatic heterocycles. The number of nitrogens with zero attached hydrogens (tertiary/aromatic N) is 1. The van der Waals surface area contributed by atoms with Crippen LogP contribution in [0.25, 0.3) is 0 Å². The van der Waals surface area contributed by atoms with Crippen LogP contribution in [0, 0.1) is 0 Å². The van der Waals surface area contributed by atoms with Crippen molar-refractivity contribution in [3.05, 3.63) is 0 Å². The molecule has 1 aliphatic rings. The molecular weight excluding hydrogens is 184 g/mol. The SMILES string of the molecule is [SiH3]N([SiH3])[SiH2]NC1CCCCC1. The Balaban J connectivity index is 2.05. The van der Waals surface area contributed by atoms with Gasteiger partial charge in [-0.2, -0.15) is 0 Å². The average Bonchev–Trinajstić information content (AvgIpc) is 2.03. The van der Waals surface area contributed by atoms with Crippen molar-refractivity contribution in [2.75, 3.05) is 0 Å². The largest absolute Gasteiger partial charge is 0.376 e. The summed E-state index contributed by atoms with van der Waals surface area (Å²) in [7, 11) is 2.59. The Kier molecular flexibility index (Phi) is 4.62. The van der Waals surface area contributed by atoms with Crippen LogP contribution < -0.4 is 4.98 Å². The molecule has 1 saturated carbocycles. The van der Waals surface area contributed by atoms with E-state index in [-0.39, 0.29) is 9.84 Å². The Morgan fingerprint density at radius 3 is 2.36 bits per heavy atom. The molecule has 0 bridgehead atoms. The minimum Gasteiger partial charge on any atom is -0.376 e. The van der Waals surface area contributed by atoms with Gasteiger partial charge >= 0.3 is 0 Å². The lowest BCUT2D eigenvalue weighted by atomic mass is 9.96. The molecule has 66 valence electrons. The Morgan fingerprint density at radius 1 is 1.18 bits per heavy atom. The van der Waals surface area contributed by atoms with Crippen molar-refractivity contribution in [2.24, 2.45) is 0 Å². The number of hydrogen-bond acceptors (Lipinski definition) is 2. The van der Waals surface area contributed by atoms with Gasteiger partial charge in [-0.15, -0.1) is 0 Å². The van der Waals surface area contributed by atoms with E-state index in [2.05, 4.69) is 8.88 Å². The Bertz CT molecular complexity index is 104. The molecule has 0 radical (unpaired) electrons. The molecule has 0 unspecified atom stereocenters. The van der Waals surface area contributed by atoms with Gasteiger partial charge < -0.3 is 8.88 Å². The lowest BCUT2D eigenvalue weighted by Gasteiger charge is -2.24. The van der Waals surface area contributed by atoms with Gasteiger partial charge in [-0.25, -0.2) is 0 Å². The normalized spacial score (nSPS) is 22.6. The molecule has 11 heavy (non-hydrogen) atoms. The molecule has 0 aromatic rings. The van der Waals surface area contributed by atoms with Crippen molar-refractivity contribution in [3.63, 3.8) is 0 Å². The minimum atomic E-state index is 0.00802. The van der Waals surface area contributed by atoms with Gasteiger partial charge in [-0.05, 0) is 12.8 Å². The summed E-state index contributed by atoms with van der Waals surface area (Å²) in [4.78, 5) is 3.76. The predicted octanol–water partition coefficient (Wildman–Crippen LogP) is -2.23. The van der Waals surface area contributed by atoms with Crippen molar-refractivity contribution in [3.8, 4) is 0 Å². The van der Waals surface area contributed by atoms with E-state index in [0.29, 0.717) is 0 Å². The van der Waals surface area contributed by atoms with Gasteiger partial charge in [0.2, 0.25) is 0 Å². The molecule has 2 nitrogen and oxygen atoms in total. The summed E-state index contributed by atoms with van der Waals surface area (Å²) in [5.41, 5.74) is 0. The standard InChI is InChI=1S/C6H20N2Si3/c9-8(10)11-7-6-4-2-1-3-5-6/h6-7H,1-5,11H2,9-10H3. The zero-order valence-electron chi connectivity index (χ0n) is 7.77. The molecule has 1 aliphatic carbocycles. The number of rotatable bonds is 3. The molecule has 1 fully saturated rings. The zero-order chi connectivity index (χ0) is 8.10. The zero-order valence-corrected chi connectivity index (χ0v) is 13.2. The van der Waals surface area contributed by atoms with Gasteiger partial charge in [0.05, 0.1) is 20.8 Å². The molecule has 1 N–H and O–H groups in total. The van der Waals surface area contributed by atoms with Gasteiger partial charge in [-0.3, -0.25) is 0 Å². The highest BCUT2D eigenvalue weighted by Crippen LogP contribution is 2.16. The van der Waals surface area contributed by atoms with Crippen LogP contribution in [-0.4, -0.2) is 40.6 Å². The molecule has 0 aromatic carbocycles. The fraction of sp³-hybridized carbons (Fsp3) is 1.00. The fourth-order valence-corrected chi connectivity index (χ4v) is 3.75. The van der Waals surface area contributed by atoms with Crippen LogP contribution >= 0.6 is 0 Å². The van der Waals surface area contributed by atoms with Crippen molar-refractivity contribution in [2.45, 2.75) is 38.1 Å². The highest BCUT2D eigenvalue weighted by molar-refractivity contribution is 6.51. The maximum Gasteiger partial charge on any atom is 0.156 e. The summed E-state index contributed by atoms with van der Waals surface area (Å²) >= 11 is 0. The first kappa shape index (κ1) is 9.66. The van der Waals surface area contributed by atoms with E-state index in [1.807, 2.05) is 0 Å². The third-order valence-corrected chi connectivity index (χ3v) is 5.59. The number of hydrogen-bond donors (Lipinski definition) is 1. The van der Waals surface area contributed by atoms with E-state index >= 15 is 0 Å². The molecule has 5 heteroatoms. The maximum atomic E-state index is 3.76. The van der Waals surface area contributed by atoms with Crippen LogP contribution in [0.4, 0.5) is 0 Å². The minimum absolute atomic E-state index is 0.00802. The molecule has 0 spiro atoms. The van der Waals surface area contributed by atoms with Crippen LogP contribution in [0.5, 0.6) is 0 Å². The molecule has 0 heterocycles. The third kappa shape index (κ3) is 4.22. The van der Waals surface area contributed by atoms with E-state index < -0.39 is 0 Å². The van der Waals surface area contributed by atoms with E-state index in [1.165, 1.54) is 52.9 Å². The van der Waals surface area contributed by atoms with E-state index in [4.69, 9.17) is 0 Å². The second kappa shape index (κ2) is 5.26. The highest BCUT2D eigenvalue weighted by atomic mass is 28.3. The van der Waals surface area contributed by atoms with E-state index in [9.17, 15) is 0 Å².